The van der Waals surface area contributed by atoms with E-state index < -0.39 is 30.3 Å². The minimum absolute atomic E-state index is 0.140. The Hall–Kier alpha value is -4.43. The van der Waals surface area contributed by atoms with E-state index >= 15 is 0 Å². The van der Waals surface area contributed by atoms with Crippen molar-refractivity contribution in [2.24, 2.45) is 11.8 Å². The van der Waals surface area contributed by atoms with Gasteiger partial charge in [-0.05, 0) is 75.9 Å². The first kappa shape index (κ1) is 34.4. The molecule has 2 aromatic carbocycles. The topological polar surface area (TPSA) is 112 Å². The fourth-order valence-corrected chi connectivity index (χ4v) is 5.64. The standard InChI is InChI=1S/C38H44O8/c1-27(2)44-36(40)20-12-4-3-11-19-32-33(24-22-30(39)21-23-31-18-13-25-43-31)35(46-38(42)29-16-9-6-10-17-29)26-34(32)45-37(41)28-14-7-5-8-15-28/h3,5-11,13-18,22,24-25,27,30,32-35,39H,4,12,19-21,23,26H2,1-2H3/b11-3-,24-22+/t30?,32-,33-,34+,35-/m1/s1. The molecule has 1 aliphatic rings. The molecule has 8 heteroatoms. The molecule has 0 bridgehead atoms. The third kappa shape index (κ3) is 10.9. The molecule has 1 heterocycles. The van der Waals surface area contributed by atoms with Crippen molar-refractivity contribution in [3.63, 3.8) is 0 Å². The lowest BCUT2D eigenvalue weighted by Gasteiger charge is -2.23. The van der Waals surface area contributed by atoms with Crippen molar-refractivity contribution in [1.82, 2.24) is 0 Å². The molecule has 1 saturated carbocycles. The molecule has 244 valence electrons. The number of hydrogen-bond acceptors (Lipinski definition) is 8. The molecule has 5 atom stereocenters. The van der Waals surface area contributed by atoms with Crippen molar-refractivity contribution < 1.29 is 38.1 Å². The number of unbranched alkanes of at least 4 members (excludes halogenated alkanes) is 1. The summed E-state index contributed by atoms with van der Waals surface area (Å²) < 4.78 is 22.7. The minimum atomic E-state index is -0.747. The third-order valence-corrected chi connectivity index (χ3v) is 7.92. The van der Waals surface area contributed by atoms with Gasteiger partial charge in [0.05, 0.1) is 29.6 Å². The molecule has 1 N–H and O–H groups in total. The van der Waals surface area contributed by atoms with Gasteiger partial charge in [0.15, 0.2) is 0 Å². The zero-order valence-corrected chi connectivity index (χ0v) is 26.5. The summed E-state index contributed by atoms with van der Waals surface area (Å²) in [5, 5.41) is 10.8. The number of carbonyl (C=O) groups excluding carboxylic acids is 3. The second-order valence-electron chi connectivity index (χ2n) is 11.8. The van der Waals surface area contributed by atoms with E-state index in [4.69, 9.17) is 18.6 Å². The fourth-order valence-electron chi connectivity index (χ4n) is 5.64. The number of aryl methyl sites for hydroxylation is 1. The van der Waals surface area contributed by atoms with Gasteiger partial charge >= 0.3 is 17.9 Å². The van der Waals surface area contributed by atoms with E-state index in [1.165, 1.54) is 0 Å². The predicted octanol–water partition coefficient (Wildman–Crippen LogP) is 7.28. The summed E-state index contributed by atoms with van der Waals surface area (Å²) in [6.07, 6.45) is 10.8. The highest BCUT2D eigenvalue weighted by molar-refractivity contribution is 5.90. The Balaban J connectivity index is 1.52. The second kappa shape index (κ2) is 17.9. The van der Waals surface area contributed by atoms with Gasteiger partial charge in [-0.25, -0.2) is 9.59 Å². The van der Waals surface area contributed by atoms with Crippen LogP contribution in [-0.2, 0) is 25.4 Å². The number of benzene rings is 2. The van der Waals surface area contributed by atoms with Crippen molar-refractivity contribution in [1.29, 1.82) is 0 Å². The van der Waals surface area contributed by atoms with Crippen LogP contribution in [0.15, 0.2) is 108 Å². The number of carbonyl (C=O) groups is 3. The van der Waals surface area contributed by atoms with E-state index in [1.54, 1.807) is 60.9 Å². The molecule has 1 aliphatic carbocycles. The lowest BCUT2D eigenvalue weighted by Crippen LogP contribution is -2.26. The highest BCUT2D eigenvalue weighted by Crippen LogP contribution is 2.41. The van der Waals surface area contributed by atoms with Crippen LogP contribution in [0.5, 0.6) is 0 Å². The van der Waals surface area contributed by atoms with Crippen molar-refractivity contribution >= 4 is 17.9 Å². The predicted molar refractivity (Wildman–Crippen MR) is 174 cm³/mol. The van der Waals surface area contributed by atoms with Gasteiger partial charge < -0.3 is 23.7 Å². The Morgan fingerprint density at radius 3 is 2.15 bits per heavy atom. The maximum Gasteiger partial charge on any atom is 0.338 e. The quantitative estimate of drug-likeness (QED) is 0.0762. The smallest absolute Gasteiger partial charge is 0.338 e. The average Bonchev–Trinajstić information content (AvgIpc) is 3.69. The Morgan fingerprint density at radius 2 is 1.54 bits per heavy atom. The second-order valence-corrected chi connectivity index (χ2v) is 11.8. The Bertz CT molecular complexity index is 1410. The van der Waals surface area contributed by atoms with Crippen LogP contribution in [0.2, 0.25) is 0 Å². The van der Waals surface area contributed by atoms with Crippen LogP contribution < -0.4 is 0 Å². The van der Waals surface area contributed by atoms with E-state index in [0.29, 0.717) is 56.1 Å². The van der Waals surface area contributed by atoms with Crippen LogP contribution in [-0.4, -0.2) is 47.4 Å². The largest absolute Gasteiger partial charge is 0.469 e. The zero-order valence-electron chi connectivity index (χ0n) is 26.5. The van der Waals surface area contributed by atoms with Crippen LogP contribution in [0.1, 0.15) is 78.8 Å². The highest BCUT2D eigenvalue weighted by Gasteiger charge is 2.45. The molecule has 8 nitrogen and oxygen atoms in total. The molecular formula is C38H44O8. The lowest BCUT2D eigenvalue weighted by molar-refractivity contribution is -0.147. The van der Waals surface area contributed by atoms with Crippen LogP contribution in [0.3, 0.4) is 0 Å². The normalized spacial score (nSPS) is 20.3. The maximum atomic E-state index is 13.2. The molecule has 0 radical (unpaired) electrons. The first-order valence-electron chi connectivity index (χ1n) is 16.1. The van der Waals surface area contributed by atoms with Crippen molar-refractivity contribution in [2.45, 2.75) is 83.2 Å². The van der Waals surface area contributed by atoms with Gasteiger partial charge in [0, 0.05) is 31.1 Å². The number of ether oxygens (including phenoxy) is 3. The van der Waals surface area contributed by atoms with Gasteiger partial charge in [-0.15, -0.1) is 0 Å². The molecule has 1 unspecified atom stereocenters. The molecule has 4 rings (SSSR count). The summed E-state index contributed by atoms with van der Waals surface area (Å²) in [6, 6.07) is 21.3. The third-order valence-electron chi connectivity index (χ3n) is 7.92. The molecule has 1 fully saturated rings. The first-order valence-corrected chi connectivity index (χ1v) is 16.1. The van der Waals surface area contributed by atoms with Crippen LogP contribution in [0, 0.1) is 11.8 Å². The maximum absolute atomic E-state index is 13.2. The van der Waals surface area contributed by atoms with E-state index in [9.17, 15) is 19.5 Å². The molecule has 0 saturated heterocycles. The minimum Gasteiger partial charge on any atom is -0.469 e. The highest BCUT2D eigenvalue weighted by atomic mass is 16.6. The summed E-state index contributed by atoms with van der Waals surface area (Å²) in [5.41, 5.74) is 0.871. The van der Waals surface area contributed by atoms with Crippen molar-refractivity contribution in [3.05, 3.63) is 120 Å². The van der Waals surface area contributed by atoms with E-state index in [0.717, 1.165) is 5.76 Å². The summed E-state index contributed by atoms with van der Waals surface area (Å²) in [4.78, 5) is 38.2. The van der Waals surface area contributed by atoms with Gasteiger partial charge in [0.1, 0.15) is 18.0 Å². The van der Waals surface area contributed by atoms with Gasteiger partial charge in [-0.3, -0.25) is 4.79 Å². The fraction of sp³-hybridized carbons (Fsp3) is 0.395. The number of hydrogen-bond donors (Lipinski definition) is 1. The van der Waals surface area contributed by atoms with Crippen LogP contribution in [0.4, 0.5) is 0 Å². The Kier molecular flexibility index (Phi) is 13.4. The van der Waals surface area contributed by atoms with Gasteiger partial charge in [-0.1, -0.05) is 60.7 Å². The van der Waals surface area contributed by atoms with E-state index in [-0.39, 0.29) is 23.9 Å². The number of aliphatic hydroxyl groups is 1. The lowest BCUT2D eigenvalue weighted by atomic mass is 9.89. The van der Waals surface area contributed by atoms with Crippen LogP contribution >= 0.6 is 0 Å². The Labute approximate surface area is 271 Å². The molecule has 0 amide bonds. The zero-order chi connectivity index (χ0) is 32.7. The molecule has 1 aromatic heterocycles. The summed E-state index contributed by atoms with van der Waals surface area (Å²) in [6.45, 7) is 3.65. The van der Waals surface area contributed by atoms with Gasteiger partial charge in [-0.2, -0.15) is 0 Å². The number of aliphatic hydroxyl groups excluding tert-OH is 1. The van der Waals surface area contributed by atoms with Gasteiger partial charge in [0.2, 0.25) is 0 Å². The van der Waals surface area contributed by atoms with Crippen molar-refractivity contribution in [2.75, 3.05) is 0 Å². The molecule has 0 aliphatic heterocycles. The Morgan fingerprint density at radius 1 is 0.891 bits per heavy atom. The van der Waals surface area contributed by atoms with E-state index in [1.807, 2.05) is 56.3 Å². The molecular weight excluding hydrogens is 584 g/mol. The summed E-state index contributed by atoms with van der Waals surface area (Å²) in [5.74, 6) is -0.885. The monoisotopic (exact) mass is 628 g/mol. The average molecular weight is 629 g/mol. The number of allylic oxidation sites excluding steroid dienone is 2. The first-order chi connectivity index (χ1) is 22.3. The van der Waals surface area contributed by atoms with Crippen molar-refractivity contribution in [3.8, 4) is 0 Å². The number of esters is 3. The summed E-state index contributed by atoms with van der Waals surface area (Å²) >= 11 is 0. The number of furan rings is 1. The number of rotatable bonds is 16. The SMILES string of the molecule is CC(C)OC(=O)CCC/C=C\C[C@@H]1[C@@H](/C=C/C(O)CCc2ccco2)[C@H](OC(=O)c2ccccc2)C[C@@H]1OC(=O)c1ccccc1. The van der Waals surface area contributed by atoms with Crippen LogP contribution in [0.25, 0.3) is 0 Å². The molecule has 46 heavy (non-hydrogen) atoms. The summed E-state index contributed by atoms with van der Waals surface area (Å²) in [7, 11) is 0. The van der Waals surface area contributed by atoms with E-state index in [2.05, 4.69) is 0 Å². The van der Waals surface area contributed by atoms with Gasteiger partial charge in [0.25, 0.3) is 0 Å². The molecule has 3 aromatic rings. The molecule has 0 spiro atoms.